The summed E-state index contributed by atoms with van der Waals surface area (Å²) in [4.78, 5) is 26.3. The van der Waals surface area contributed by atoms with Gasteiger partial charge in [-0.2, -0.15) is 0 Å². The van der Waals surface area contributed by atoms with Crippen LogP contribution in [0.4, 0.5) is 5.69 Å². The van der Waals surface area contributed by atoms with Crippen LogP contribution in [0.25, 0.3) is 0 Å². The van der Waals surface area contributed by atoms with E-state index in [-0.39, 0.29) is 11.8 Å². The smallest absolute Gasteiger partial charge is 0.254 e. The molecule has 2 amide bonds. The van der Waals surface area contributed by atoms with Crippen molar-refractivity contribution in [2.45, 2.75) is 45.1 Å². The second kappa shape index (κ2) is 8.65. The standard InChI is InChI=1S/C22H26N2O2/c1-17(25)23-20-13-11-19(12-14-20)22(26)24(21-9-5-6-10-21)16-15-18-7-3-2-4-8-18/h2-4,7-8,11-14,21H,5-6,9-10,15-16H2,1H3,(H,23,25). The Labute approximate surface area is 155 Å². The monoisotopic (exact) mass is 350 g/mol. The minimum Gasteiger partial charge on any atom is -0.335 e. The Balaban J connectivity index is 1.72. The second-order valence-electron chi connectivity index (χ2n) is 6.93. The molecule has 2 aromatic rings. The fourth-order valence-electron chi connectivity index (χ4n) is 3.63. The summed E-state index contributed by atoms with van der Waals surface area (Å²) in [5.74, 6) is -0.0262. The summed E-state index contributed by atoms with van der Waals surface area (Å²) in [6.45, 7) is 2.21. The molecule has 0 atom stereocenters. The Bertz CT molecular complexity index is 734. The SMILES string of the molecule is CC(=O)Nc1ccc(C(=O)N(CCc2ccccc2)C2CCCC2)cc1. The number of hydrogen-bond acceptors (Lipinski definition) is 2. The van der Waals surface area contributed by atoms with Crippen LogP contribution in [-0.4, -0.2) is 29.3 Å². The molecule has 0 saturated heterocycles. The zero-order valence-electron chi connectivity index (χ0n) is 15.3. The molecule has 4 heteroatoms. The molecular weight excluding hydrogens is 324 g/mol. The van der Waals surface area contributed by atoms with E-state index in [2.05, 4.69) is 17.4 Å². The van der Waals surface area contributed by atoms with E-state index in [0.717, 1.165) is 25.8 Å². The predicted octanol–water partition coefficient (Wildman–Crippen LogP) is 4.27. The molecule has 0 aliphatic heterocycles. The average molecular weight is 350 g/mol. The first-order valence-corrected chi connectivity index (χ1v) is 9.36. The van der Waals surface area contributed by atoms with Gasteiger partial charge in [0.2, 0.25) is 5.91 Å². The van der Waals surface area contributed by atoms with Crippen LogP contribution in [0.1, 0.15) is 48.5 Å². The van der Waals surface area contributed by atoms with Gasteiger partial charge in [0.1, 0.15) is 0 Å². The number of nitrogens with zero attached hydrogens (tertiary/aromatic N) is 1. The van der Waals surface area contributed by atoms with E-state index in [1.54, 1.807) is 24.3 Å². The summed E-state index contributed by atoms with van der Waals surface area (Å²) in [5, 5.41) is 2.74. The Hall–Kier alpha value is -2.62. The number of benzene rings is 2. The first-order valence-electron chi connectivity index (χ1n) is 9.36. The third-order valence-electron chi connectivity index (χ3n) is 4.96. The quantitative estimate of drug-likeness (QED) is 0.846. The predicted molar refractivity (Wildman–Crippen MR) is 104 cm³/mol. The number of nitrogens with one attached hydrogen (secondary N) is 1. The molecule has 0 bridgehead atoms. The Morgan fingerprint density at radius 3 is 2.27 bits per heavy atom. The molecule has 26 heavy (non-hydrogen) atoms. The lowest BCUT2D eigenvalue weighted by atomic mass is 10.1. The first-order chi connectivity index (χ1) is 12.6. The van der Waals surface area contributed by atoms with Gasteiger partial charge in [-0.1, -0.05) is 43.2 Å². The fraction of sp³-hybridized carbons (Fsp3) is 0.364. The lowest BCUT2D eigenvalue weighted by Crippen LogP contribution is -2.40. The highest BCUT2D eigenvalue weighted by Crippen LogP contribution is 2.25. The normalized spacial score (nSPS) is 14.2. The number of anilines is 1. The molecule has 136 valence electrons. The van der Waals surface area contributed by atoms with Gasteiger partial charge in [-0.05, 0) is 49.1 Å². The van der Waals surface area contributed by atoms with Crippen molar-refractivity contribution in [3.63, 3.8) is 0 Å². The molecule has 0 radical (unpaired) electrons. The fourth-order valence-corrected chi connectivity index (χ4v) is 3.63. The maximum absolute atomic E-state index is 13.1. The molecule has 1 fully saturated rings. The lowest BCUT2D eigenvalue weighted by molar-refractivity contribution is -0.114. The first kappa shape index (κ1) is 18.2. The van der Waals surface area contributed by atoms with E-state index in [4.69, 9.17) is 0 Å². The maximum Gasteiger partial charge on any atom is 0.254 e. The van der Waals surface area contributed by atoms with Crippen LogP contribution >= 0.6 is 0 Å². The van der Waals surface area contributed by atoms with Crippen molar-refractivity contribution in [3.05, 3.63) is 65.7 Å². The van der Waals surface area contributed by atoms with E-state index in [1.807, 2.05) is 23.1 Å². The second-order valence-corrected chi connectivity index (χ2v) is 6.93. The third-order valence-corrected chi connectivity index (χ3v) is 4.96. The van der Waals surface area contributed by atoms with Crippen molar-refractivity contribution in [3.8, 4) is 0 Å². The molecule has 1 saturated carbocycles. The van der Waals surface area contributed by atoms with Gasteiger partial charge < -0.3 is 10.2 Å². The molecule has 0 heterocycles. The van der Waals surface area contributed by atoms with Gasteiger partial charge in [0.25, 0.3) is 5.91 Å². The van der Waals surface area contributed by atoms with E-state index >= 15 is 0 Å². The highest BCUT2D eigenvalue weighted by Gasteiger charge is 2.27. The van der Waals surface area contributed by atoms with Crippen molar-refractivity contribution >= 4 is 17.5 Å². The van der Waals surface area contributed by atoms with Gasteiger partial charge in [0.15, 0.2) is 0 Å². The molecule has 4 nitrogen and oxygen atoms in total. The van der Waals surface area contributed by atoms with Crippen molar-refractivity contribution < 1.29 is 9.59 Å². The Kier molecular flexibility index (Phi) is 6.05. The molecule has 1 aliphatic rings. The largest absolute Gasteiger partial charge is 0.335 e. The third kappa shape index (κ3) is 4.72. The van der Waals surface area contributed by atoms with Crippen LogP contribution < -0.4 is 5.32 Å². The van der Waals surface area contributed by atoms with E-state index in [0.29, 0.717) is 17.3 Å². The molecule has 1 N–H and O–H groups in total. The van der Waals surface area contributed by atoms with Crippen LogP contribution in [0.5, 0.6) is 0 Å². The Morgan fingerprint density at radius 2 is 1.65 bits per heavy atom. The summed E-state index contributed by atoms with van der Waals surface area (Å²) in [5.41, 5.74) is 2.65. The molecule has 1 aliphatic carbocycles. The van der Waals surface area contributed by atoms with Crippen LogP contribution in [0, 0.1) is 0 Å². The minimum atomic E-state index is -0.112. The number of carbonyl (C=O) groups is 2. The maximum atomic E-state index is 13.1. The highest BCUT2D eigenvalue weighted by molar-refractivity contribution is 5.95. The van der Waals surface area contributed by atoms with Crippen molar-refractivity contribution in [2.24, 2.45) is 0 Å². The van der Waals surface area contributed by atoms with Gasteiger partial charge in [-0.25, -0.2) is 0 Å². The molecule has 0 spiro atoms. The number of amides is 2. The van der Waals surface area contributed by atoms with E-state index < -0.39 is 0 Å². The minimum absolute atomic E-state index is 0.0854. The summed E-state index contributed by atoms with van der Waals surface area (Å²) in [6, 6.07) is 17.8. The van der Waals surface area contributed by atoms with Crippen molar-refractivity contribution in [1.29, 1.82) is 0 Å². The molecule has 0 aromatic heterocycles. The van der Waals surface area contributed by atoms with Gasteiger partial charge in [0, 0.05) is 30.8 Å². The number of carbonyl (C=O) groups excluding carboxylic acids is 2. The van der Waals surface area contributed by atoms with E-state index in [9.17, 15) is 9.59 Å². The lowest BCUT2D eigenvalue weighted by Gasteiger charge is -2.29. The summed E-state index contributed by atoms with van der Waals surface area (Å²) >= 11 is 0. The van der Waals surface area contributed by atoms with Gasteiger partial charge in [0.05, 0.1) is 0 Å². The molecule has 0 unspecified atom stereocenters. The zero-order valence-corrected chi connectivity index (χ0v) is 15.3. The summed E-state index contributed by atoms with van der Waals surface area (Å²) in [6.07, 6.45) is 5.44. The highest BCUT2D eigenvalue weighted by atomic mass is 16.2. The van der Waals surface area contributed by atoms with Crippen molar-refractivity contribution in [2.75, 3.05) is 11.9 Å². The topological polar surface area (TPSA) is 49.4 Å². The Morgan fingerprint density at radius 1 is 1.00 bits per heavy atom. The zero-order chi connectivity index (χ0) is 18.4. The average Bonchev–Trinajstić information content (AvgIpc) is 3.17. The van der Waals surface area contributed by atoms with Crippen LogP contribution in [0.15, 0.2) is 54.6 Å². The van der Waals surface area contributed by atoms with E-state index in [1.165, 1.54) is 25.3 Å². The van der Waals surface area contributed by atoms with Gasteiger partial charge in [-0.3, -0.25) is 9.59 Å². The van der Waals surface area contributed by atoms with Crippen LogP contribution in [-0.2, 0) is 11.2 Å². The summed E-state index contributed by atoms with van der Waals surface area (Å²) < 4.78 is 0. The summed E-state index contributed by atoms with van der Waals surface area (Å²) in [7, 11) is 0. The van der Waals surface area contributed by atoms with Crippen LogP contribution in [0.3, 0.4) is 0 Å². The molecule has 2 aromatic carbocycles. The molecular formula is C22H26N2O2. The van der Waals surface area contributed by atoms with Gasteiger partial charge >= 0.3 is 0 Å². The van der Waals surface area contributed by atoms with Crippen molar-refractivity contribution in [1.82, 2.24) is 4.90 Å². The van der Waals surface area contributed by atoms with Crippen LogP contribution in [0.2, 0.25) is 0 Å². The van der Waals surface area contributed by atoms with Gasteiger partial charge in [-0.15, -0.1) is 0 Å². The molecule has 3 rings (SSSR count). The number of hydrogen-bond donors (Lipinski definition) is 1. The number of rotatable bonds is 6.